The van der Waals surface area contributed by atoms with E-state index >= 15 is 0 Å². The third-order valence-corrected chi connectivity index (χ3v) is 7.14. The highest BCUT2D eigenvalue weighted by atomic mass is 16.3. The van der Waals surface area contributed by atoms with Crippen LogP contribution in [0.25, 0.3) is 0 Å². The maximum atomic E-state index is 12.8. The second-order valence-electron chi connectivity index (χ2n) is 9.63. The van der Waals surface area contributed by atoms with Crippen LogP contribution in [0.1, 0.15) is 42.2 Å². The molecule has 172 valence electrons. The number of carbonyl (C=O) groups excluding carboxylic acids is 1. The topological polar surface area (TPSA) is 87.4 Å². The molecule has 1 atom stereocenters. The number of carbonyl (C=O) groups is 1. The van der Waals surface area contributed by atoms with Crippen LogP contribution < -0.4 is 10.2 Å². The highest BCUT2D eigenvalue weighted by molar-refractivity contribution is 5.92. The Balaban J connectivity index is 1.15. The molecule has 2 fully saturated rings. The average Bonchev–Trinajstić information content (AvgIpc) is 3.16. The SMILES string of the molecule is CC1(C)C[C@@]1(CNC(=O)c1coc(CN2CCN(c3ncccn3)CC2)n1)c1ccccc1. The number of aromatic nitrogens is 3. The number of amides is 1. The molecule has 1 N–H and O–H groups in total. The van der Waals surface area contributed by atoms with E-state index in [0.717, 1.165) is 38.5 Å². The van der Waals surface area contributed by atoms with Crippen LogP contribution in [0.3, 0.4) is 0 Å². The van der Waals surface area contributed by atoms with Crippen molar-refractivity contribution in [1.82, 2.24) is 25.2 Å². The number of anilines is 1. The second kappa shape index (κ2) is 8.59. The van der Waals surface area contributed by atoms with Crippen molar-refractivity contribution in [3.8, 4) is 0 Å². The van der Waals surface area contributed by atoms with E-state index in [1.54, 1.807) is 12.4 Å². The molecule has 0 radical (unpaired) electrons. The molecule has 33 heavy (non-hydrogen) atoms. The molecule has 1 aliphatic carbocycles. The molecule has 3 aromatic rings. The van der Waals surface area contributed by atoms with Crippen molar-refractivity contribution in [2.24, 2.45) is 5.41 Å². The third kappa shape index (κ3) is 4.35. The van der Waals surface area contributed by atoms with E-state index in [0.29, 0.717) is 24.7 Å². The highest BCUT2D eigenvalue weighted by Crippen LogP contribution is 2.63. The van der Waals surface area contributed by atoms with E-state index in [1.165, 1.54) is 11.8 Å². The monoisotopic (exact) mass is 446 g/mol. The van der Waals surface area contributed by atoms with E-state index in [1.807, 2.05) is 12.1 Å². The first-order valence-corrected chi connectivity index (χ1v) is 11.5. The Labute approximate surface area is 194 Å². The van der Waals surface area contributed by atoms with E-state index < -0.39 is 0 Å². The van der Waals surface area contributed by atoms with Gasteiger partial charge in [-0.2, -0.15) is 0 Å². The van der Waals surface area contributed by atoms with Gasteiger partial charge in [-0.3, -0.25) is 9.69 Å². The maximum Gasteiger partial charge on any atom is 0.273 e. The molecule has 0 unspecified atom stereocenters. The fourth-order valence-corrected chi connectivity index (χ4v) is 4.93. The minimum absolute atomic E-state index is 0.0291. The van der Waals surface area contributed by atoms with E-state index in [2.05, 4.69) is 68.2 Å². The zero-order valence-corrected chi connectivity index (χ0v) is 19.2. The largest absolute Gasteiger partial charge is 0.447 e. The first-order valence-electron chi connectivity index (χ1n) is 11.5. The van der Waals surface area contributed by atoms with E-state index in [-0.39, 0.29) is 16.7 Å². The number of hydrogen-bond donors (Lipinski definition) is 1. The van der Waals surface area contributed by atoms with Crippen molar-refractivity contribution >= 4 is 11.9 Å². The summed E-state index contributed by atoms with van der Waals surface area (Å²) in [5, 5.41) is 3.10. The lowest BCUT2D eigenvalue weighted by atomic mass is 9.88. The molecule has 1 saturated carbocycles. The minimum Gasteiger partial charge on any atom is -0.447 e. The number of oxazole rings is 1. The molecule has 1 aliphatic heterocycles. The molecule has 8 heteroatoms. The lowest BCUT2D eigenvalue weighted by Crippen LogP contribution is -2.46. The number of rotatable bonds is 7. The van der Waals surface area contributed by atoms with Crippen LogP contribution in [0.2, 0.25) is 0 Å². The standard InChI is InChI=1S/C25H30N6O2/c1-24(2)17-25(24,19-7-4-3-5-8-19)18-28-22(32)20-16-33-21(29-20)15-30-11-13-31(14-12-30)23-26-9-6-10-27-23/h3-10,16H,11-15,17-18H2,1-2H3,(H,28,32)/t25-/m1/s1. The first kappa shape index (κ1) is 21.6. The summed E-state index contributed by atoms with van der Waals surface area (Å²) >= 11 is 0. The van der Waals surface area contributed by atoms with Gasteiger partial charge in [-0.1, -0.05) is 44.2 Å². The van der Waals surface area contributed by atoms with Gasteiger partial charge < -0.3 is 14.6 Å². The van der Waals surface area contributed by atoms with Crippen molar-refractivity contribution < 1.29 is 9.21 Å². The van der Waals surface area contributed by atoms with E-state index in [9.17, 15) is 4.79 Å². The number of nitrogens with zero attached hydrogens (tertiary/aromatic N) is 5. The second-order valence-corrected chi connectivity index (χ2v) is 9.63. The molecule has 2 aliphatic rings. The molecule has 0 spiro atoms. The average molecular weight is 447 g/mol. The molecular formula is C25H30N6O2. The van der Waals surface area contributed by atoms with Gasteiger partial charge in [-0.05, 0) is 23.5 Å². The van der Waals surface area contributed by atoms with E-state index in [4.69, 9.17) is 4.42 Å². The molecule has 1 aromatic carbocycles. The summed E-state index contributed by atoms with van der Waals surface area (Å²) in [6.07, 6.45) is 6.04. The molecule has 1 saturated heterocycles. The van der Waals surface area contributed by atoms with Crippen molar-refractivity contribution in [3.05, 3.63) is 72.2 Å². The lowest BCUT2D eigenvalue weighted by Gasteiger charge is -2.33. The Kier molecular flexibility index (Phi) is 5.62. The van der Waals surface area contributed by atoms with Crippen molar-refractivity contribution in [3.63, 3.8) is 0 Å². The van der Waals surface area contributed by atoms with Gasteiger partial charge in [0, 0.05) is 50.5 Å². The molecule has 2 aromatic heterocycles. The van der Waals surface area contributed by atoms with Crippen LogP contribution >= 0.6 is 0 Å². The summed E-state index contributed by atoms with van der Waals surface area (Å²) in [5.74, 6) is 1.14. The fourth-order valence-electron chi connectivity index (χ4n) is 4.93. The normalized spacial score (nSPS) is 22.2. The number of hydrogen-bond acceptors (Lipinski definition) is 7. The van der Waals surface area contributed by atoms with Crippen molar-refractivity contribution in [2.75, 3.05) is 37.6 Å². The zero-order chi connectivity index (χ0) is 22.9. The predicted molar refractivity (Wildman–Crippen MR) is 125 cm³/mol. The summed E-state index contributed by atoms with van der Waals surface area (Å²) in [4.78, 5) is 30.3. The van der Waals surface area contributed by atoms with Crippen molar-refractivity contribution in [2.45, 2.75) is 32.2 Å². The van der Waals surface area contributed by atoms with Gasteiger partial charge in [0.15, 0.2) is 5.69 Å². The zero-order valence-electron chi connectivity index (χ0n) is 19.2. The van der Waals surface area contributed by atoms with Gasteiger partial charge in [0.05, 0.1) is 6.54 Å². The third-order valence-electron chi connectivity index (χ3n) is 7.14. The Morgan fingerprint density at radius 2 is 1.76 bits per heavy atom. The Bertz CT molecular complexity index is 1090. The van der Waals surface area contributed by atoms with Gasteiger partial charge >= 0.3 is 0 Å². The van der Waals surface area contributed by atoms with Crippen LogP contribution in [-0.2, 0) is 12.0 Å². The summed E-state index contributed by atoms with van der Waals surface area (Å²) in [7, 11) is 0. The summed E-state index contributed by atoms with van der Waals surface area (Å²) < 4.78 is 5.62. The molecule has 1 amide bonds. The fraction of sp³-hybridized carbons (Fsp3) is 0.440. The van der Waals surface area contributed by atoms with Crippen LogP contribution in [0.4, 0.5) is 5.95 Å². The highest BCUT2D eigenvalue weighted by Gasteiger charge is 2.61. The van der Waals surface area contributed by atoms with Gasteiger partial charge in [-0.15, -0.1) is 0 Å². The molecule has 8 nitrogen and oxygen atoms in total. The minimum atomic E-state index is -0.186. The molecular weight excluding hydrogens is 416 g/mol. The van der Waals surface area contributed by atoms with Gasteiger partial charge in [-0.25, -0.2) is 15.0 Å². The van der Waals surface area contributed by atoms with Crippen LogP contribution in [0.5, 0.6) is 0 Å². The summed E-state index contributed by atoms with van der Waals surface area (Å²) in [6, 6.07) is 12.3. The van der Waals surface area contributed by atoms with Crippen LogP contribution in [0, 0.1) is 5.41 Å². The smallest absolute Gasteiger partial charge is 0.273 e. The van der Waals surface area contributed by atoms with Crippen LogP contribution in [-0.4, -0.2) is 58.5 Å². The maximum absolute atomic E-state index is 12.8. The number of nitrogens with one attached hydrogen (secondary N) is 1. The van der Waals surface area contributed by atoms with Crippen molar-refractivity contribution in [1.29, 1.82) is 0 Å². The Morgan fingerprint density at radius 1 is 1.06 bits per heavy atom. The Hall–Kier alpha value is -3.26. The number of piperazine rings is 1. The first-order chi connectivity index (χ1) is 16.0. The summed E-state index contributed by atoms with van der Waals surface area (Å²) in [6.45, 7) is 9.08. The summed E-state index contributed by atoms with van der Waals surface area (Å²) in [5.41, 5.74) is 1.74. The number of benzene rings is 1. The van der Waals surface area contributed by atoms with Gasteiger partial charge in [0.25, 0.3) is 5.91 Å². The Morgan fingerprint density at radius 3 is 2.42 bits per heavy atom. The quantitative estimate of drug-likeness (QED) is 0.597. The lowest BCUT2D eigenvalue weighted by molar-refractivity contribution is 0.0943. The molecule has 0 bridgehead atoms. The molecule has 3 heterocycles. The van der Waals surface area contributed by atoms with Gasteiger partial charge in [0.1, 0.15) is 6.26 Å². The van der Waals surface area contributed by atoms with Crippen LogP contribution in [0.15, 0.2) is 59.5 Å². The molecule has 5 rings (SSSR count). The predicted octanol–water partition coefficient (Wildman–Crippen LogP) is 2.88. The van der Waals surface area contributed by atoms with Gasteiger partial charge in [0.2, 0.25) is 11.8 Å².